The number of carbonyl (C=O) groups excluding carboxylic acids is 2. The van der Waals surface area contributed by atoms with Gasteiger partial charge in [-0.3, -0.25) is 4.79 Å². The molecular formula is C23H29N3O3. The third-order valence-corrected chi connectivity index (χ3v) is 4.89. The molecule has 154 valence electrons. The number of carbonyl (C=O) groups is 2. The highest BCUT2D eigenvalue weighted by molar-refractivity contribution is 5.96. The van der Waals surface area contributed by atoms with Crippen molar-refractivity contribution in [3.63, 3.8) is 0 Å². The third-order valence-electron chi connectivity index (χ3n) is 4.89. The second-order valence-electron chi connectivity index (χ2n) is 8.29. The highest BCUT2D eigenvalue weighted by atomic mass is 16.6. The first-order valence-corrected chi connectivity index (χ1v) is 10.1. The van der Waals surface area contributed by atoms with E-state index in [4.69, 9.17) is 4.74 Å². The standard InChI is InChI=1S/C23H29N3O3/c1-17(27)25-16-9-8-14-20(25)19-13-10-15-24-21(19)26(18-11-6-5-7-12-18)22(28)29-23(2,3)4/h5-7,10-13,15,20H,8-9,14,16H2,1-4H3/t20-/m1/s1. The van der Waals surface area contributed by atoms with Crippen LogP contribution in [0.1, 0.15) is 58.6 Å². The summed E-state index contributed by atoms with van der Waals surface area (Å²) in [4.78, 5) is 33.4. The minimum atomic E-state index is -0.644. The van der Waals surface area contributed by atoms with Crippen LogP contribution >= 0.6 is 0 Å². The van der Waals surface area contributed by atoms with Gasteiger partial charge >= 0.3 is 6.09 Å². The van der Waals surface area contributed by atoms with Crippen molar-refractivity contribution in [2.75, 3.05) is 11.4 Å². The van der Waals surface area contributed by atoms with Gasteiger partial charge in [-0.15, -0.1) is 0 Å². The van der Waals surface area contributed by atoms with Crippen molar-refractivity contribution in [2.45, 2.75) is 58.6 Å². The SMILES string of the molecule is CC(=O)N1CCCC[C@@H]1c1cccnc1N(C(=O)OC(C)(C)C)c1ccccc1. The molecule has 3 rings (SSSR count). The average molecular weight is 396 g/mol. The quantitative estimate of drug-likeness (QED) is 0.714. The van der Waals surface area contributed by atoms with E-state index in [-0.39, 0.29) is 11.9 Å². The lowest BCUT2D eigenvalue weighted by Gasteiger charge is -2.37. The van der Waals surface area contributed by atoms with Crippen LogP contribution in [-0.2, 0) is 9.53 Å². The largest absolute Gasteiger partial charge is 0.443 e. The number of amides is 2. The summed E-state index contributed by atoms with van der Waals surface area (Å²) < 4.78 is 5.69. The van der Waals surface area contributed by atoms with E-state index in [1.807, 2.05) is 68.1 Å². The van der Waals surface area contributed by atoms with Crippen LogP contribution in [0.15, 0.2) is 48.7 Å². The van der Waals surface area contributed by atoms with Crippen molar-refractivity contribution in [1.29, 1.82) is 0 Å². The lowest BCUT2D eigenvalue weighted by Crippen LogP contribution is -2.39. The summed E-state index contributed by atoms with van der Waals surface area (Å²) in [6.45, 7) is 7.83. The number of benzene rings is 1. The monoisotopic (exact) mass is 395 g/mol. The lowest BCUT2D eigenvalue weighted by atomic mass is 9.95. The zero-order valence-electron chi connectivity index (χ0n) is 17.6. The number of nitrogens with zero attached hydrogens (tertiary/aromatic N) is 3. The van der Waals surface area contributed by atoms with Gasteiger partial charge in [0.15, 0.2) is 0 Å². The Balaban J connectivity index is 2.09. The Labute approximate surface area is 172 Å². The molecule has 0 N–H and O–H groups in total. The molecule has 0 bridgehead atoms. The minimum absolute atomic E-state index is 0.0352. The Bertz CT molecular complexity index is 861. The van der Waals surface area contributed by atoms with Gasteiger partial charge < -0.3 is 9.64 Å². The highest BCUT2D eigenvalue weighted by Gasteiger charge is 2.33. The molecule has 2 amide bonds. The van der Waals surface area contributed by atoms with Crippen LogP contribution in [-0.4, -0.2) is 34.0 Å². The number of hydrogen-bond donors (Lipinski definition) is 0. The first-order valence-electron chi connectivity index (χ1n) is 10.1. The molecular weight excluding hydrogens is 366 g/mol. The number of anilines is 2. The third kappa shape index (κ3) is 4.94. The number of para-hydroxylation sites is 1. The number of piperidine rings is 1. The molecule has 29 heavy (non-hydrogen) atoms. The van der Waals surface area contributed by atoms with Crippen molar-refractivity contribution in [1.82, 2.24) is 9.88 Å². The van der Waals surface area contributed by atoms with Crippen LogP contribution in [0, 0.1) is 0 Å². The molecule has 0 unspecified atom stereocenters. The number of rotatable bonds is 3. The Morgan fingerprint density at radius 3 is 2.48 bits per heavy atom. The maximum Gasteiger partial charge on any atom is 0.420 e. The van der Waals surface area contributed by atoms with Crippen LogP contribution in [0.25, 0.3) is 0 Å². The fraction of sp³-hybridized carbons (Fsp3) is 0.435. The Morgan fingerprint density at radius 1 is 1.10 bits per heavy atom. The summed E-state index contributed by atoms with van der Waals surface area (Å²) in [5.74, 6) is 0.541. The Kier molecular flexibility index (Phi) is 6.20. The van der Waals surface area contributed by atoms with E-state index in [1.54, 1.807) is 13.1 Å². The van der Waals surface area contributed by atoms with Gasteiger partial charge in [0.2, 0.25) is 5.91 Å². The summed E-state index contributed by atoms with van der Waals surface area (Å²) >= 11 is 0. The fourth-order valence-corrected chi connectivity index (χ4v) is 3.69. The van der Waals surface area contributed by atoms with Crippen LogP contribution in [0.4, 0.5) is 16.3 Å². The van der Waals surface area contributed by atoms with Crippen LogP contribution < -0.4 is 4.90 Å². The van der Waals surface area contributed by atoms with Crippen molar-refractivity contribution < 1.29 is 14.3 Å². The number of ether oxygens (including phenoxy) is 1. The minimum Gasteiger partial charge on any atom is -0.443 e. The summed E-state index contributed by atoms with van der Waals surface area (Å²) in [6, 6.07) is 13.0. The Morgan fingerprint density at radius 2 is 1.83 bits per heavy atom. The molecule has 1 saturated heterocycles. The van der Waals surface area contributed by atoms with Gasteiger partial charge in [-0.1, -0.05) is 24.3 Å². The average Bonchev–Trinajstić information content (AvgIpc) is 2.68. The molecule has 0 spiro atoms. The molecule has 1 atom stereocenters. The molecule has 1 aliphatic heterocycles. The van der Waals surface area contributed by atoms with Gasteiger partial charge in [0.25, 0.3) is 0 Å². The molecule has 0 saturated carbocycles. The van der Waals surface area contributed by atoms with E-state index >= 15 is 0 Å². The topological polar surface area (TPSA) is 62.7 Å². The number of aromatic nitrogens is 1. The predicted octanol–water partition coefficient (Wildman–Crippen LogP) is 5.23. The van der Waals surface area contributed by atoms with Gasteiger partial charge in [-0.2, -0.15) is 0 Å². The molecule has 0 radical (unpaired) electrons. The fourth-order valence-electron chi connectivity index (χ4n) is 3.69. The lowest BCUT2D eigenvalue weighted by molar-refractivity contribution is -0.132. The molecule has 6 nitrogen and oxygen atoms in total. The second-order valence-corrected chi connectivity index (χ2v) is 8.29. The molecule has 1 fully saturated rings. The Hall–Kier alpha value is -2.89. The second kappa shape index (κ2) is 8.64. The normalized spacial score (nSPS) is 17.0. The van der Waals surface area contributed by atoms with E-state index in [0.29, 0.717) is 18.1 Å². The predicted molar refractivity (Wildman–Crippen MR) is 113 cm³/mol. The molecule has 6 heteroatoms. The van der Waals surface area contributed by atoms with Gasteiger partial charge in [0.1, 0.15) is 11.4 Å². The van der Waals surface area contributed by atoms with E-state index < -0.39 is 11.7 Å². The summed E-state index contributed by atoms with van der Waals surface area (Å²) in [5.41, 5.74) is 0.888. The maximum absolute atomic E-state index is 13.2. The summed E-state index contributed by atoms with van der Waals surface area (Å²) in [6.07, 6.45) is 4.03. The van der Waals surface area contributed by atoms with Crippen LogP contribution in [0.5, 0.6) is 0 Å². The van der Waals surface area contributed by atoms with Gasteiger partial charge in [0, 0.05) is 25.2 Å². The zero-order chi connectivity index (χ0) is 21.0. The van der Waals surface area contributed by atoms with Gasteiger partial charge in [0.05, 0.1) is 11.7 Å². The number of pyridine rings is 1. The zero-order valence-corrected chi connectivity index (χ0v) is 17.6. The molecule has 1 aromatic carbocycles. The first-order chi connectivity index (χ1) is 13.8. The van der Waals surface area contributed by atoms with Crippen LogP contribution in [0.2, 0.25) is 0 Å². The van der Waals surface area contributed by atoms with Crippen molar-refractivity contribution in [3.05, 3.63) is 54.2 Å². The van der Waals surface area contributed by atoms with Crippen molar-refractivity contribution >= 4 is 23.5 Å². The number of likely N-dealkylation sites (tertiary alicyclic amines) is 1. The molecule has 1 aromatic heterocycles. The summed E-state index contributed by atoms with van der Waals surface area (Å²) in [7, 11) is 0. The highest BCUT2D eigenvalue weighted by Crippen LogP contribution is 2.38. The van der Waals surface area contributed by atoms with Crippen molar-refractivity contribution in [3.8, 4) is 0 Å². The molecule has 0 aliphatic carbocycles. The first kappa shape index (κ1) is 20.8. The molecule has 2 heterocycles. The van der Waals surface area contributed by atoms with Gasteiger partial charge in [-0.05, 0) is 58.2 Å². The molecule has 1 aliphatic rings. The maximum atomic E-state index is 13.2. The number of hydrogen-bond acceptors (Lipinski definition) is 4. The van der Waals surface area contributed by atoms with Crippen LogP contribution in [0.3, 0.4) is 0 Å². The summed E-state index contributed by atoms with van der Waals surface area (Å²) in [5, 5.41) is 0. The van der Waals surface area contributed by atoms with E-state index in [2.05, 4.69) is 4.98 Å². The van der Waals surface area contributed by atoms with Crippen molar-refractivity contribution in [2.24, 2.45) is 0 Å². The smallest absolute Gasteiger partial charge is 0.420 e. The van der Waals surface area contributed by atoms with E-state index in [9.17, 15) is 9.59 Å². The van der Waals surface area contributed by atoms with Gasteiger partial charge in [-0.25, -0.2) is 14.7 Å². The molecule has 2 aromatic rings. The van der Waals surface area contributed by atoms with E-state index in [0.717, 1.165) is 24.8 Å². The van der Waals surface area contributed by atoms with E-state index in [1.165, 1.54) is 4.90 Å².